The lowest BCUT2D eigenvalue weighted by Crippen LogP contribution is -2.49. The lowest BCUT2D eigenvalue weighted by Gasteiger charge is -2.30. The first kappa shape index (κ1) is 17.2. The van der Waals surface area contributed by atoms with Crippen LogP contribution in [0.25, 0.3) is 0 Å². The fourth-order valence-electron chi connectivity index (χ4n) is 2.46. The molecule has 1 aliphatic rings. The number of likely N-dealkylation sites (tertiary alicyclic amines) is 1. The molecule has 122 valence electrons. The summed E-state index contributed by atoms with van der Waals surface area (Å²) in [5.74, 6) is -0.672. The Morgan fingerprint density at radius 3 is 2.41 bits per heavy atom. The highest BCUT2D eigenvalue weighted by molar-refractivity contribution is 6.39. The highest BCUT2D eigenvalue weighted by atomic mass is 35.5. The number of nitrogen functional groups attached to an aromatic ring is 1. The van der Waals surface area contributed by atoms with Crippen LogP contribution in [0.15, 0.2) is 12.1 Å². The van der Waals surface area contributed by atoms with Crippen LogP contribution in [0.3, 0.4) is 0 Å². The van der Waals surface area contributed by atoms with E-state index < -0.39 is 24.2 Å². The van der Waals surface area contributed by atoms with Crippen molar-refractivity contribution < 1.29 is 23.1 Å². The molecule has 2 rings (SSSR count). The van der Waals surface area contributed by atoms with Gasteiger partial charge in [0.2, 0.25) is 0 Å². The smallest absolute Gasteiger partial charge is 0.396 e. The fraction of sp³-hybridized carbons (Fsp3) is 0.462. The summed E-state index contributed by atoms with van der Waals surface area (Å²) < 4.78 is 38.0. The van der Waals surface area contributed by atoms with Crippen LogP contribution >= 0.6 is 23.2 Å². The Labute approximate surface area is 134 Å². The lowest BCUT2D eigenvalue weighted by atomic mass is 10.1. The standard InChI is InChI=1S/C13H13Cl2F3N2O2/c14-7-4-6(5-8(15)10(7)19)12(22)20-3-1-2-9(20)11(21)13(16,17)18/h4-5,9,11,21H,1-3,19H2/t9-,11-/m0/s1. The van der Waals surface area contributed by atoms with Gasteiger partial charge in [0, 0.05) is 12.1 Å². The number of amides is 1. The first-order chi connectivity index (χ1) is 10.1. The van der Waals surface area contributed by atoms with E-state index in [-0.39, 0.29) is 34.3 Å². The molecule has 0 aliphatic carbocycles. The van der Waals surface area contributed by atoms with Gasteiger partial charge in [0.25, 0.3) is 5.91 Å². The number of rotatable bonds is 2. The monoisotopic (exact) mass is 356 g/mol. The Morgan fingerprint density at radius 1 is 1.36 bits per heavy atom. The van der Waals surface area contributed by atoms with Crippen LogP contribution in [0, 0.1) is 0 Å². The van der Waals surface area contributed by atoms with Gasteiger partial charge < -0.3 is 15.7 Å². The van der Waals surface area contributed by atoms with Gasteiger partial charge in [-0.3, -0.25) is 4.79 Å². The van der Waals surface area contributed by atoms with Crippen LogP contribution in [-0.4, -0.2) is 40.8 Å². The first-order valence-corrected chi connectivity index (χ1v) is 7.18. The SMILES string of the molecule is Nc1c(Cl)cc(C(=O)N2CCC[C@H]2[C@H](O)C(F)(F)F)cc1Cl. The second-order valence-corrected chi connectivity index (χ2v) is 5.86. The predicted molar refractivity (Wildman–Crippen MR) is 77.0 cm³/mol. The number of aliphatic hydroxyl groups excluding tert-OH is 1. The molecule has 0 aromatic heterocycles. The molecule has 1 aromatic rings. The maximum Gasteiger partial charge on any atom is 0.416 e. The van der Waals surface area contributed by atoms with E-state index >= 15 is 0 Å². The molecular weight excluding hydrogens is 344 g/mol. The largest absolute Gasteiger partial charge is 0.416 e. The summed E-state index contributed by atoms with van der Waals surface area (Å²) in [6, 6.07) is 1.18. The van der Waals surface area contributed by atoms with Gasteiger partial charge in [-0.2, -0.15) is 13.2 Å². The average Bonchev–Trinajstić information content (AvgIpc) is 2.90. The molecule has 1 amide bonds. The number of nitrogens with zero attached hydrogens (tertiary/aromatic N) is 1. The van der Waals surface area contributed by atoms with E-state index in [1.165, 1.54) is 12.1 Å². The van der Waals surface area contributed by atoms with Crippen molar-refractivity contribution in [3.8, 4) is 0 Å². The Morgan fingerprint density at radius 2 is 1.91 bits per heavy atom. The van der Waals surface area contributed by atoms with Gasteiger partial charge in [-0.05, 0) is 25.0 Å². The van der Waals surface area contributed by atoms with E-state index in [2.05, 4.69) is 0 Å². The summed E-state index contributed by atoms with van der Waals surface area (Å²) >= 11 is 11.7. The normalized spacial score (nSPS) is 20.3. The van der Waals surface area contributed by atoms with Crippen molar-refractivity contribution in [3.63, 3.8) is 0 Å². The molecule has 1 aliphatic heterocycles. The van der Waals surface area contributed by atoms with Crippen molar-refractivity contribution in [1.29, 1.82) is 0 Å². The number of anilines is 1. The Hall–Kier alpha value is -1.18. The van der Waals surface area contributed by atoms with Gasteiger partial charge >= 0.3 is 6.18 Å². The Bertz CT molecular complexity index is 572. The summed E-state index contributed by atoms with van der Waals surface area (Å²) in [7, 11) is 0. The van der Waals surface area contributed by atoms with Gasteiger partial charge in [-0.1, -0.05) is 23.2 Å². The van der Waals surface area contributed by atoms with Gasteiger partial charge in [-0.25, -0.2) is 0 Å². The van der Waals surface area contributed by atoms with Crippen LogP contribution in [0.2, 0.25) is 10.0 Å². The van der Waals surface area contributed by atoms with Gasteiger partial charge in [-0.15, -0.1) is 0 Å². The maximum atomic E-state index is 12.7. The molecule has 0 bridgehead atoms. The molecule has 22 heavy (non-hydrogen) atoms. The molecular formula is C13H13Cl2F3N2O2. The highest BCUT2D eigenvalue weighted by Gasteiger charge is 2.48. The minimum atomic E-state index is -4.79. The third-order valence-electron chi connectivity index (χ3n) is 3.59. The Kier molecular flexibility index (Phi) is 4.79. The summed E-state index contributed by atoms with van der Waals surface area (Å²) in [6.07, 6.45) is -6.93. The number of halogens is 5. The number of benzene rings is 1. The van der Waals surface area contributed by atoms with Crippen molar-refractivity contribution >= 4 is 34.8 Å². The van der Waals surface area contributed by atoms with E-state index in [1.807, 2.05) is 0 Å². The maximum absolute atomic E-state index is 12.7. The van der Waals surface area contributed by atoms with Crippen molar-refractivity contribution in [2.24, 2.45) is 0 Å². The lowest BCUT2D eigenvalue weighted by molar-refractivity contribution is -0.216. The number of carbonyl (C=O) groups is 1. The highest BCUT2D eigenvalue weighted by Crippen LogP contribution is 2.33. The molecule has 0 spiro atoms. The van der Waals surface area contributed by atoms with Crippen LogP contribution in [-0.2, 0) is 0 Å². The van der Waals surface area contributed by atoms with Crippen LogP contribution in [0.4, 0.5) is 18.9 Å². The van der Waals surface area contributed by atoms with Gasteiger partial charge in [0.05, 0.1) is 21.8 Å². The van der Waals surface area contributed by atoms with Crippen LogP contribution < -0.4 is 5.73 Å². The molecule has 9 heteroatoms. The van der Waals surface area contributed by atoms with E-state index in [9.17, 15) is 23.1 Å². The molecule has 1 heterocycles. The zero-order valence-corrected chi connectivity index (χ0v) is 12.7. The number of aliphatic hydroxyl groups is 1. The fourth-order valence-corrected chi connectivity index (χ4v) is 2.95. The molecule has 0 radical (unpaired) electrons. The van der Waals surface area contributed by atoms with Crippen molar-refractivity contribution in [2.75, 3.05) is 12.3 Å². The van der Waals surface area contributed by atoms with Gasteiger partial charge in [0.1, 0.15) is 0 Å². The topological polar surface area (TPSA) is 66.6 Å². The Balaban J connectivity index is 2.29. The number of hydrogen-bond acceptors (Lipinski definition) is 3. The zero-order chi connectivity index (χ0) is 16.7. The summed E-state index contributed by atoms with van der Waals surface area (Å²) in [5.41, 5.74) is 5.68. The molecule has 0 unspecified atom stereocenters. The molecule has 0 saturated carbocycles. The molecule has 2 atom stereocenters. The molecule has 1 fully saturated rings. The van der Waals surface area contributed by atoms with Crippen molar-refractivity contribution in [3.05, 3.63) is 27.7 Å². The third kappa shape index (κ3) is 3.26. The molecule has 1 aromatic carbocycles. The second-order valence-electron chi connectivity index (χ2n) is 5.05. The number of alkyl halides is 3. The molecule has 1 saturated heterocycles. The number of carbonyl (C=O) groups excluding carboxylic acids is 1. The third-order valence-corrected chi connectivity index (χ3v) is 4.21. The van der Waals surface area contributed by atoms with E-state index in [0.29, 0.717) is 6.42 Å². The van der Waals surface area contributed by atoms with Gasteiger partial charge in [0.15, 0.2) is 6.10 Å². The first-order valence-electron chi connectivity index (χ1n) is 6.43. The predicted octanol–water partition coefficient (Wildman–Crippen LogP) is 3.10. The van der Waals surface area contributed by atoms with Crippen molar-refractivity contribution in [1.82, 2.24) is 4.90 Å². The quantitative estimate of drug-likeness (QED) is 0.800. The van der Waals surface area contributed by atoms with Crippen LogP contribution in [0.1, 0.15) is 23.2 Å². The zero-order valence-electron chi connectivity index (χ0n) is 11.2. The molecule has 3 N–H and O–H groups in total. The summed E-state index contributed by atoms with van der Waals surface area (Å²) in [6.45, 7) is 0.121. The van der Waals surface area contributed by atoms with E-state index in [4.69, 9.17) is 28.9 Å². The minimum absolute atomic E-state index is 0.0328. The number of hydrogen-bond donors (Lipinski definition) is 2. The van der Waals surface area contributed by atoms with Crippen LogP contribution in [0.5, 0.6) is 0 Å². The molecule has 4 nitrogen and oxygen atoms in total. The van der Waals surface area contributed by atoms with E-state index in [1.54, 1.807) is 0 Å². The minimum Gasteiger partial charge on any atom is -0.396 e. The summed E-state index contributed by atoms with van der Waals surface area (Å²) in [4.78, 5) is 13.4. The number of nitrogens with two attached hydrogens (primary N) is 1. The summed E-state index contributed by atoms with van der Waals surface area (Å²) in [5, 5.41) is 9.50. The van der Waals surface area contributed by atoms with E-state index in [0.717, 1.165) is 4.90 Å². The average molecular weight is 357 g/mol. The van der Waals surface area contributed by atoms with Crippen molar-refractivity contribution in [2.45, 2.75) is 31.2 Å². The second kappa shape index (κ2) is 6.14.